The van der Waals surface area contributed by atoms with Gasteiger partial charge in [-0.2, -0.15) is 0 Å². The van der Waals surface area contributed by atoms with Crippen LogP contribution in [0.15, 0.2) is 0 Å². The highest BCUT2D eigenvalue weighted by Crippen LogP contribution is 1.62. The molecular weight excluding hydrogens is 63.0 g/mol. The van der Waals surface area contributed by atoms with Crippen molar-refractivity contribution in [3.63, 3.8) is 0 Å². The number of aliphatic hydroxyl groups is 1. The van der Waals surface area contributed by atoms with Gasteiger partial charge in [0, 0.05) is 6.42 Å². The Morgan fingerprint density at radius 3 is 2.40 bits per heavy atom. The Hall–Kier alpha value is -0.480. The van der Waals surface area contributed by atoms with E-state index in [4.69, 9.17) is 11.5 Å². The fourth-order valence-corrected chi connectivity index (χ4v) is 0.0645. The highest BCUT2D eigenvalue weighted by molar-refractivity contribution is 4.82. The molecule has 0 radical (unpaired) electrons. The summed E-state index contributed by atoms with van der Waals surface area (Å²) in [5.41, 5.74) is 0. The molecule has 0 aromatic rings. The predicted octanol–water partition coefficient (Wildman–Crippen LogP) is 0.00200. The second kappa shape index (κ2) is 3.52. The van der Waals surface area contributed by atoms with Gasteiger partial charge in [-0.25, -0.2) is 0 Å². The van der Waals surface area contributed by atoms with Gasteiger partial charge in [-0.05, 0) is 0 Å². The molecule has 0 bridgehead atoms. The molecule has 0 aromatic heterocycles. The Labute approximate surface area is 31.6 Å². The van der Waals surface area contributed by atoms with E-state index in [9.17, 15) is 0 Å². The van der Waals surface area contributed by atoms with Crippen LogP contribution in [0.5, 0.6) is 0 Å². The van der Waals surface area contributed by atoms with Crippen molar-refractivity contribution in [1.29, 1.82) is 0 Å². The summed E-state index contributed by atoms with van der Waals surface area (Å²) in [5, 5.41) is 7.92. The summed E-state index contributed by atoms with van der Waals surface area (Å²) in [7, 11) is 0. The summed E-state index contributed by atoms with van der Waals surface area (Å²) in [4.78, 5) is 0. The molecule has 0 aromatic carbocycles. The first-order valence-corrected chi connectivity index (χ1v) is 1.46. The van der Waals surface area contributed by atoms with Gasteiger partial charge in [0.2, 0.25) is 0 Å². The van der Waals surface area contributed by atoms with Gasteiger partial charge < -0.3 is 5.11 Å². The lowest BCUT2D eigenvalue weighted by Crippen LogP contribution is -1.72. The van der Waals surface area contributed by atoms with E-state index in [0.29, 0.717) is 6.42 Å². The largest absolute Gasteiger partial charge is 0.395 e. The Morgan fingerprint density at radius 1 is 1.80 bits per heavy atom. The number of rotatable bonds is 1. The maximum Gasteiger partial charge on any atom is 0.0540 e. The van der Waals surface area contributed by atoms with Crippen LogP contribution in [0.25, 0.3) is 0 Å². The van der Waals surface area contributed by atoms with Crippen LogP contribution in [0.2, 0.25) is 0 Å². The van der Waals surface area contributed by atoms with Gasteiger partial charge in [-0.3, -0.25) is 0 Å². The van der Waals surface area contributed by atoms with Gasteiger partial charge in [-0.1, -0.05) is 0 Å². The van der Waals surface area contributed by atoms with Gasteiger partial charge in [0.25, 0.3) is 0 Å². The van der Waals surface area contributed by atoms with Gasteiger partial charge in [0.05, 0.1) is 6.61 Å². The van der Waals surface area contributed by atoms with Crippen LogP contribution in [-0.4, -0.2) is 11.7 Å². The summed E-state index contributed by atoms with van der Waals surface area (Å²) < 4.78 is 0. The number of aliphatic hydroxyl groups excluding tert-OH is 1. The molecule has 0 amide bonds. The molecule has 0 saturated carbocycles. The van der Waals surface area contributed by atoms with Gasteiger partial charge in [0.15, 0.2) is 0 Å². The van der Waals surface area contributed by atoms with E-state index in [-0.39, 0.29) is 6.61 Å². The monoisotopic (exact) mass is 69.1 g/mol. The molecule has 1 N–H and O–H groups in total. The maximum absolute atomic E-state index is 7.92. The lowest BCUT2D eigenvalue weighted by Gasteiger charge is -1.70. The predicted molar refractivity (Wildman–Crippen MR) is 20.5 cm³/mol. The van der Waals surface area contributed by atoms with Crippen molar-refractivity contribution in [2.24, 2.45) is 0 Å². The van der Waals surface area contributed by atoms with Crippen molar-refractivity contribution < 1.29 is 5.11 Å². The molecule has 1 heteroatoms. The zero-order valence-corrected chi connectivity index (χ0v) is 2.94. The zero-order valence-electron chi connectivity index (χ0n) is 2.94. The maximum atomic E-state index is 7.92. The molecular formula is C4H6O. The molecule has 0 saturated heterocycles. The minimum atomic E-state index is 0.108. The Kier molecular flexibility index (Phi) is 3.18. The molecule has 0 aliphatic carbocycles. The van der Waals surface area contributed by atoms with E-state index in [2.05, 4.69) is 5.92 Å². The van der Waals surface area contributed by atoms with Crippen LogP contribution < -0.4 is 0 Å². The summed E-state index contributed by atoms with van der Waals surface area (Å²) in [6, 6.07) is 0. The van der Waals surface area contributed by atoms with E-state index in [1.165, 1.54) is 0 Å². The lowest BCUT2D eigenvalue weighted by molar-refractivity contribution is 0.305. The number of hydrogen-bond acceptors (Lipinski definition) is 1. The Morgan fingerprint density at radius 2 is 2.40 bits per heavy atom. The first kappa shape index (κ1) is 4.52. The average Bonchev–Trinajstić information content (AvgIpc) is 1.41. The SMILES string of the molecule is C#C[11CH2]CO. The smallest absolute Gasteiger partial charge is 0.0540 e. The Balaban J connectivity index is 2.48. The fourth-order valence-electron chi connectivity index (χ4n) is 0.0645. The molecule has 1 nitrogen and oxygen atoms in total. The summed E-state index contributed by atoms with van der Waals surface area (Å²) in [6.07, 6.45) is 5.20. The summed E-state index contributed by atoms with van der Waals surface area (Å²) in [5.74, 6) is 2.27. The minimum absolute atomic E-state index is 0.108. The van der Waals surface area contributed by atoms with Crippen LogP contribution >= 0.6 is 0 Å². The van der Waals surface area contributed by atoms with Crippen LogP contribution in [0.3, 0.4) is 0 Å². The first-order chi connectivity index (χ1) is 2.41. The van der Waals surface area contributed by atoms with Crippen LogP contribution in [0, 0.1) is 12.3 Å². The lowest BCUT2D eigenvalue weighted by atomic mass is 9.96. The normalized spacial score (nSPS) is 6.40. The third-order valence-electron chi connectivity index (χ3n) is 0.256. The van der Waals surface area contributed by atoms with E-state index < -0.39 is 0 Å². The molecule has 0 aliphatic heterocycles. The van der Waals surface area contributed by atoms with Crippen molar-refractivity contribution in [1.82, 2.24) is 0 Å². The molecule has 0 rings (SSSR count). The third-order valence-corrected chi connectivity index (χ3v) is 0.256. The highest BCUT2D eigenvalue weighted by Gasteiger charge is 1.62. The van der Waals surface area contributed by atoms with Crippen molar-refractivity contribution in [3.8, 4) is 12.3 Å². The standard InChI is InChI=1S/C4H6O/c1-2-3-4-5/h1,5H,3-4H2/i3-1. The zero-order chi connectivity index (χ0) is 4.12. The van der Waals surface area contributed by atoms with E-state index in [1.807, 2.05) is 0 Å². The molecule has 0 unspecified atom stereocenters. The Bertz CT molecular complexity index is 42.1. The molecule has 0 heterocycles. The number of terminal acetylenes is 1. The molecule has 0 atom stereocenters. The molecule has 5 heavy (non-hydrogen) atoms. The minimum Gasteiger partial charge on any atom is -0.395 e. The van der Waals surface area contributed by atoms with Crippen molar-refractivity contribution in [2.45, 2.75) is 6.42 Å². The van der Waals surface area contributed by atoms with Crippen molar-refractivity contribution in [2.75, 3.05) is 6.61 Å². The average molecular weight is 69.1 g/mol. The first-order valence-electron chi connectivity index (χ1n) is 1.46. The summed E-state index contributed by atoms with van der Waals surface area (Å²) >= 11 is 0. The second-order valence-corrected chi connectivity index (χ2v) is 0.678. The third kappa shape index (κ3) is 3.52. The van der Waals surface area contributed by atoms with E-state index >= 15 is 0 Å². The molecule has 0 spiro atoms. The van der Waals surface area contributed by atoms with Crippen LogP contribution in [0.4, 0.5) is 0 Å². The molecule has 0 fully saturated rings. The van der Waals surface area contributed by atoms with Crippen LogP contribution in [0.1, 0.15) is 6.42 Å². The fraction of sp³-hybridized carbons (Fsp3) is 0.500. The van der Waals surface area contributed by atoms with E-state index in [0.717, 1.165) is 0 Å². The topological polar surface area (TPSA) is 20.2 Å². The van der Waals surface area contributed by atoms with Gasteiger partial charge in [0.1, 0.15) is 0 Å². The van der Waals surface area contributed by atoms with Gasteiger partial charge >= 0.3 is 0 Å². The second-order valence-electron chi connectivity index (χ2n) is 0.678. The van der Waals surface area contributed by atoms with Crippen LogP contribution in [-0.2, 0) is 0 Å². The molecule has 0 aliphatic rings. The van der Waals surface area contributed by atoms with Crippen molar-refractivity contribution >= 4 is 0 Å². The van der Waals surface area contributed by atoms with E-state index in [1.54, 1.807) is 0 Å². The van der Waals surface area contributed by atoms with Gasteiger partial charge in [-0.15, -0.1) is 12.3 Å². The molecule has 28 valence electrons. The quantitative estimate of drug-likeness (QED) is 0.430. The summed E-state index contributed by atoms with van der Waals surface area (Å²) in [6.45, 7) is 0.108. The highest BCUT2D eigenvalue weighted by atomic mass is 16.2. The van der Waals surface area contributed by atoms with Crippen molar-refractivity contribution in [3.05, 3.63) is 0 Å². The number of hydrogen-bond donors (Lipinski definition) is 1.